The number of carbonyl (C=O) groups is 3. The van der Waals surface area contributed by atoms with E-state index in [2.05, 4.69) is 21.4 Å². The lowest BCUT2D eigenvalue weighted by Gasteiger charge is -2.32. The molecule has 0 bridgehead atoms. The molecule has 4 aromatic rings. The summed E-state index contributed by atoms with van der Waals surface area (Å²) in [7, 11) is 1.32. The van der Waals surface area contributed by atoms with Gasteiger partial charge in [0, 0.05) is 50.3 Å². The number of nitrogens with one attached hydrogen (secondary N) is 1. The van der Waals surface area contributed by atoms with Crippen LogP contribution in [0.2, 0.25) is 0 Å². The van der Waals surface area contributed by atoms with Crippen molar-refractivity contribution in [2.24, 2.45) is 5.92 Å². The highest BCUT2D eigenvalue weighted by atomic mass is 16.5. The van der Waals surface area contributed by atoms with Gasteiger partial charge in [-0.05, 0) is 59.6 Å². The second-order valence-corrected chi connectivity index (χ2v) is 11.6. The van der Waals surface area contributed by atoms with Gasteiger partial charge in [-0.15, -0.1) is 0 Å². The fraction of sp³-hybridized carbons (Fsp3) is 0.324. The maximum atomic E-state index is 13.0. The first-order valence-electron chi connectivity index (χ1n) is 15.7. The van der Waals surface area contributed by atoms with Crippen LogP contribution in [0.4, 0.5) is 0 Å². The monoisotopic (exact) mass is 620 g/mol. The number of ether oxygens (including phenoxy) is 2. The molecule has 1 N–H and O–H groups in total. The molecule has 238 valence electrons. The Morgan fingerprint density at radius 3 is 2.30 bits per heavy atom. The predicted octanol–water partition coefficient (Wildman–Crippen LogP) is 5.18. The number of carbonyl (C=O) groups excluding carboxylic acids is 3. The standard InChI is InChI=1S/C37H40N4O5/c1-45-37(44)34(21-28-10-13-33(14-11-28)46-25-30-6-3-2-4-7-30)40-35(42)22-29-16-18-41(19-17-29)36(43)15-12-27-8-5-9-31(20-27)32-23-38-26-39-24-32/h2-11,13-14,20,23-24,26,29,34H,12,15-19,21-22,25H2,1H3,(H,40,42)/t34-/m0/s1. The Hall–Kier alpha value is -5.05. The molecule has 1 aromatic heterocycles. The number of likely N-dealkylation sites (tertiary alicyclic amines) is 1. The maximum Gasteiger partial charge on any atom is 0.328 e. The Labute approximate surface area is 270 Å². The Kier molecular flexibility index (Phi) is 11.5. The minimum Gasteiger partial charge on any atom is -0.489 e. The number of piperidine rings is 1. The van der Waals surface area contributed by atoms with Crippen molar-refractivity contribution in [3.63, 3.8) is 0 Å². The first kappa shape index (κ1) is 32.3. The Morgan fingerprint density at radius 2 is 1.59 bits per heavy atom. The first-order chi connectivity index (χ1) is 22.5. The smallest absolute Gasteiger partial charge is 0.328 e. The predicted molar refractivity (Wildman–Crippen MR) is 175 cm³/mol. The zero-order valence-electron chi connectivity index (χ0n) is 26.1. The molecule has 0 aliphatic carbocycles. The Bertz CT molecular complexity index is 1570. The van der Waals surface area contributed by atoms with Crippen LogP contribution < -0.4 is 10.1 Å². The fourth-order valence-electron chi connectivity index (χ4n) is 5.70. The molecule has 0 saturated carbocycles. The largest absolute Gasteiger partial charge is 0.489 e. The van der Waals surface area contributed by atoms with Gasteiger partial charge in [0.2, 0.25) is 11.8 Å². The minimum atomic E-state index is -0.789. The molecule has 1 saturated heterocycles. The van der Waals surface area contributed by atoms with Crippen LogP contribution in [-0.4, -0.2) is 58.9 Å². The van der Waals surface area contributed by atoms with Gasteiger partial charge in [0.1, 0.15) is 24.7 Å². The zero-order chi connectivity index (χ0) is 32.1. The van der Waals surface area contributed by atoms with Crippen LogP contribution >= 0.6 is 0 Å². The summed E-state index contributed by atoms with van der Waals surface area (Å²) in [5, 5.41) is 2.88. The highest BCUT2D eigenvalue weighted by Gasteiger charge is 2.27. The number of hydrogen-bond acceptors (Lipinski definition) is 7. The second-order valence-electron chi connectivity index (χ2n) is 11.6. The van der Waals surface area contributed by atoms with Crippen LogP contribution in [0.1, 0.15) is 42.4 Å². The van der Waals surface area contributed by atoms with Gasteiger partial charge in [-0.2, -0.15) is 0 Å². The quantitative estimate of drug-likeness (QED) is 0.205. The second kappa shape index (κ2) is 16.3. The van der Waals surface area contributed by atoms with E-state index < -0.39 is 12.0 Å². The van der Waals surface area contributed by atoms with Crippen molar-refractivity contribution in [2.75, 3.05) is 20.2 Å². The molecule has 1 aliphatic heterocycles. The van der Waals surface area contributed by atoms with E-state index in [1.54, 1.807) is 12.4 Å². The number of benzene rings is 3. The van der Waals surface area contributed by atoms with Gasteiger partial charge < -0.3 is 19.7 Å². The van der Waals surface area contributed by atoms with Crippen molar-refractivity contribution in [1.82, 2.24) is 20.2 Å². The van der Waals surface area contributed by atoms with Crippen molar-refractivity contribution in [3.8, 4) is 16.9 Å². The molecule has 1 aliphatic rings. The molecule has 1 fully saturated rings. The van der Waals surface area contributed by atoms with E-state index in [0.717, 1.165) is 46.4 Å². The molecule has 2 amide bonds. The fourth-order valence-corrected chi connectivity index (χ4v) is 5.70. The molecule has 0 unspecified atom stereocenters. The zero-order valence-corrected chi connectivity index (χ0v) is 26.1. The average molecular weight is 621 g/mol. The molecule has 0 spiro atoms. The van der Waals surface area contributed by atoms with Gasteiger partial charge >= 0.3 is 5.97 Å². The van der Waals surface area contributed by atoms with E-state index in [-0.39, 0.29) is 17.7 Å². The number of rotatable bonds is 13. The highest BCUT2D eigenvalue weighted by molar-refractivity contribution is 5.84. The van der Waals surface area contributed by atoms with E-state index in [0.29, 0.717) is 45.4 Å². The van der Waals surface area contributed by atoms with Gasteiger partial charge in [0.15, 0.2) is 0 Å². The van der Waals surface area contributed by atoms with E-state index in [4.69, 9.17) is 9.47 Å². The third-order valence-electron chi connectivity index (χ3n) is 8.32. The van der Waals surface area contributed by atoms with Gasteiger partial charge in [0.25, 0.3) is 0 Å². The molecule has 0 radical (unpaired) electrons. The summed E-state index contributed by atoms with van der Waals surface area (Å²) in [6.07, 6.45) is 8.25. The lowest BCUT2D eigenvalue weighted by molar-refractivity contribution is -0.145. The number of aryl methyl sites for hydroxylation is 1. The summed E-state index contributed by atoms with van der Waals surface area (Å²) in [5.74, 6) is 0.322. The number of aromatic nitrogens is 2. The summed E-state index contributed by atoms with van der Waals surface area (Å²) in [5.41, 5.74) is 5.03. The van der Waals surface area contributed by atoms with Crippen molar-refractivity contribution in [3.05, 3.63) is 114 Å². The van der Waals surface area contributed by atoms with Crippen molar-refractivity contribution < 1.29 is 23.9 Å². The topological polar surface area (TPSA) is 111 Å². The minimum absolute atomic E-state index is 0.124. The van der Waals surface area contributed by atoms with Crippen molar-refractivity contribution in [2.45, 2.75) is 51.2 Å². The number of nitrogens with zero attached hydrogens (tertiary/aromatic N) is 3. The number of methoxy groups -OCH3 is 1. The molecule has 9 heteroatoms. The molecule has 5 rings (SSSR count). The van der Waals surface area contributed by atoms with Crippen LogP contribution in [0.5, 0.6) is 5.75 Å². The highest BCUT2D eigenvalue weighted by Crippen LogP contribution is 2.23. The summed E-state index contributed by atoms with van der Waals surface area (Å²) < 4.78 is 10.8. The lowest BCUT2D eigenvalue weighted by Crippen LogP contribution is -2.44. The average Bonchev–Trinajstić information content (AvgIpc) is 3.11. The van der Waals surface area contributed by atoms with Crippen LogP contribution in [0.25, 0.3) is 11.1 Å². The van der Waals surface area contributed by atoms with E-state index in [9.17, 15) is 14.4 Å². The molecule has 2 heterocycles. The van der Waals surface area contributed by atoms with Gasteiger partial charge in [-0.25, -0.2) is 14.8 Å². The third-order valence-corrected chi connectivity index (χ3v) is 8.32. The van der Waals surface area contributed by atoms with Crippen LogP contribution in [0.3, 0.4) is 0 Å². The van der Waals surface area contributed by atoms with Crippen molar-refractivity contribution in [1.29, 1.82) is 0 Å². The number of amides is 2. The summed E-state index contributed by atoms with van der Waals surface area (Å²) >= 11 is 0. The molecule has 46 heavy (non-hydrogen) atoms. The summed E-state index contributed by atoms with van der Waals surface area (Å²) in [4.78, 5) is 48.6. The molecule has 1 atom stereocenters. The normalized spacial score (nSPS) is 13.9. The SMILES string of the molecule is COC(=O)[C@H](Cc1ccc(OCc2ccccc2)cc1)NC(=O)CC1CCN(C(=O)CCc2cccc(-c3cncnc3)c2)CC1. The lowest BCUT2D eigenvalue weighted by atomic mass is 9.92. The van der Waals surface area contributed by atoms with E-state index in [1.165, 1.54) is 13.4 Å². The molecular formula is C37H40N4O5. The molecule has 3 aromatic carbocycles. The number of hydrogen-bond donors (Lipinski definition) is 1. The van der Waals surface area contributed by atoms with Crippen LogP contribution in [0, 0.1) is 5.92 Å². The molecule has 9 nitrogen and oxygen atoms in total. The Balaban J connectivity index is 1.05. The summed E-state index contributed by atoms with van der Waals surface area (Å²) in [6.45, 7) is 1.71. The first-order valence-corrected chi connectivity index (χ1v) is 15.7. The van der Waals surface area contributed by atoms with E-state index >= 15 is 0 Å². The van der Waals surface area contributed by atoms with Gasteiger partial charge in [-0.3, -0.25) is 9.59 Å². The maximum absolute atomic E-state index is 13.0. The third kappa shape index (κ3) is 9.47. The summed E-state index contributed by atoms with van der Waals surface area (Å²) in [6, 6.07) is 24.8. The van der Waals surface area contributed by atoms with Gasteiger partial charge in [-0.1, -0.05) is 66.7 Å². The van der Waals surface area contributed by atoms with Gasteiger partial charge in [0.05, 0.1) is 7.11 Å². The molecular weight excluding hydrogens is 580 g/mol. The number of esters is 1. The van der Waals surface area contributed by atoms with E-state index in [1.807, 2.05) is 77.7 Å². The van der Waals surface area contributed by atoms with Crippen LogP contribution in [-0.2, 0) is 38.6 Å². The van der Waals surface area contributed by atoms with Crippen LogP contribution in [0.15, 0.2) is 97.6 Å². The Morgan fingerprint density at radius 1 is 0.870 bits per heavy atom. The van der Waals surface area contributed by atoms with Crippen molar-refractivity contribution >= 4 is 17.8 Å².